The summed E-state index contributed by atoms with van der Waals surface area (Å²) in [6, 6.07) is 0. The number of esters is 1. The van der Waals surface area contributed by atoms with E-state index in [2.05, 4.69) is 17.6 Å². The first-order valence-corrected chi connectivity index (χ1v) is 8.82. The van der Waals surface area contributed by atoms with Crippen molar-refractivity contribution in [3.8, 4) is 0 Å². The number of methoxy groups -OCH3 is 1. The second-order valence-corrected chi connectivity index (χ2v) is 7.07. The molecule has 0 bridgehead atoms. The monoisotopic (exact) mass is 354 g/mol. The van der Waals surface area contributed by atoms with Crippen LogP contribution in [0.5, 0.6) is 0 Å². The van der Waals surface area contributed by atoms with Crippen LogP contribution in [0, 0.1) is 5.92 Å². The summed E-state index contributed by atoms with van der Waals surface area (Å²) in [7, 11) is 2.90. The summed E-state index contributed by atoms with van der Waals surface area (Å²) in [5, 5.41) is 7.47. The van der Waals surface area contributed by atoms with Crippen LogP contribution in [0.1, 0.15) is 34.1 Å². The molecular formula is C16H24N3O4S+. The Morgan fingerprint density at radius 1 is 1.29 bits per heavy atom. The van der Waals surface area contributed by atoms with Gasteiger partial charge in [0.2, 0.25) is 0 Å². The molecule has 1 aliphatic rings. The Kier molecular flexibility index (Phi) is 6.33. The molecule has 1 heterocycles. The lowest BCUT2D eigenvalue weighted by Crippen LogP contribution is -2.88. The topological polar surface area (TPSA) is 101 Å². The van der Waals surface area contributed by atoms with Crippen LogP contribution in [0.4, 0.5) is 5.00 Å². The standard InChI is InChI=1S/C16H23N3O4S/c1-9-4-5-10-11(6-9)24-15(14(10)16(22)23-3)19-13(21)8-18-7-12(20)17-2/h9,18H,4-8H2,1-3H3,(H,17,20)(H,19,21)/p+1/t9-/m1/s1. The van der Waals surface area contributed by atoms with Crippen molar-refractivity contribution >= 4 is 34.1 Å². The lowest BCUT2D eigenvalue weighted by molar-refractivity contribution is -0.632. The molecule has 2 amide bonds. The number of thiophene rings is 1. The van der Waals surface area contributed by atoms with E-state index in [1.807, 2.05) is 0 Å². The van der Waals surface area contributed by atoms with Crippen LogP contribution >= 0.6 is 11.3 Å². The highest BCUT2D eigenvalue weighted by Crippen LogP contribution is 2.39. The van der Waals surface area contributed by atoms with E-state index >= 15 is 0 Å². The Hall–Kier alpha value is -1.93. The fourth-order valence-corrected chi connectivity index (χ4v) is 4.19. The predicted molar refractivity (Wildman–Crippen MR) is 91.2 cm³/mol. The van der Waals surface area contributed by atoms with Crippen LogP contribution in [0.15, 0.2) is 0 Å². The maximum Gasteiger partial charge on any atom is 0.341 e. The van der Waals surface area contributed by atoms with Crippen LogP contribution in [-0.4, -0.2) is 45.0 Å². The average Bonchev–Trinajstić information content (AvgIpc) is 2.90. The number of hydrogen-bond acceptors (Lipinski definition) is 5. The fourth-order valence-electron chi connectivity index (χ4n) is 2.77. The third kappa shape index (κ3) is 4.33. The van der Waals surface area contributed by atoms with Gasteiger partial charge in [0.25, 0.3) is 11.8 Å². The van der Waals surface area contributed by atoms with E-state index in [0.717, 1.165) is 29.7 Å². The molecule has 1 aliphatic carbocycles. The van der Waals surface area contributed by atoms with Crippen molar-refractivity contribution in [2.75, 3.05) is 32.6 Å². The van der Waals surface area contributed by atoms with Crippen LogP contribution in [0.2, 0.25) is 0 Å². The van der Waals surface area contributed by atoms with Gasteiger partial charge in [-0.3, -0.25) is 9.59 Å². The van der Waals surface area contributed by atoms with Gasteiger partial charge in [0, 0.05) is 11.9 Å². The number of ether oxygens (including phenoxy) is 1. The van der Waals surface area contributed by atoms with Gasteiger partial charge in [-0.1, -0.05) is 6.92 Å². The Balaban J connectivity index is 2.10. The smallest absolute Gasteiger partial charge is 0.341 e. The zero-order chi connectivity index (χ0) is 17.7. The number of amides is 2. The summed E-state index contributed by atoms with van der Waals surface area (Å²) in [6.45, 7) is 2.49. The molecule has 4 N–H and O–H groups in total. The molecule has 24 heavy (non-hydrogen) atoms. The van der Waals surface area contributed by atoms with Gasteiger partial charge in [-0.2, -0.15) is 0 Å². The molecule has 0 aliphatic heterocycles. The van der Waals surface area contributed by atoms with Gasteiger partial charge in [0.1, 0.15) is 5.00 Å². The first-order chi connectivity index (χ1) is 11.5. The molecule has 1 aromatic rings. The fraction of sp³-hybridized carbons (Fsp3) is 0.562. The molecule has 0 unspecified atom stereocenters. The van der Waals surface area contributed by atoms with Crippen LogP contribution < -0.4 is 16.0 Å². The van der Waals surface area contributed by atoms with Gasteiger partial charge >= 0.3 is 5.97 Å². The van der Waals surface area contributed by atoms with E-state index in [1.54, 1.807) is 12.4 Å². The minimum atomic E-state index is -0.410. The van der Waals surface area contributed by atoms with E-state index in [9.17, 15) is 14.4 Å². The largest absolute Gasteiger partial charge is 0.465 e. The van der Waals surface area contributed by atoms with Gasteiger partial charge in [0.15, 0.2) is 13.1 Å². The molecular weight excluding hydrogens is 330 g/mol. The molecule has 132 valence electrons. The number of rotatable bonds is 6. The molecule has 0 spiro atoms. The van der Waals surface area contributed by atoms with E-state index < -0.39 is 5.97 Å². The highest BCUT2D eigenvalue weighted by molar-refractivity contribution is 7.17. The summed E-state index contributed by atoms with van der Waals surface area (Å²) in [5.41, 5.74) is 1.50. The number of nitrogens with two attached hydrogens (primary N) is 1. The number of carbonyl (C=O) groups is 3. The van der Waals surface area contributed by atoms with E-state index in [4.69, 9.17) is 4.74 Å². The number of nitrogens with one attached hydrogen (secondary N) is 2. The quantitative estimate of drug-likeness (QED) is 0.621. The first-order valence-electron chi connectivity index (χ1n) is 8.01. The van der Waals surface area contributed by atoms with Crippen molar-refractivity contribution in [3.05, 3.63) is 16.0 Å². The third-order valence-corrected chi connectivity index (χ3v) is 5.26. The molecule has 0 radical (unpaired) electrons. The van der Waals surface area contributed by atoms with Crippen molar-refractivity contribution in [3.63, 3.8) is 0 Å². The van der Waals surface area contributed by atoms with Crippen molar-refractivity contribution in [1.82, 2.24) is 5.32 Å². The SMILES string of the molecule is CNC(=O)C[NH2+]CC(=O)Nc1sc2c(c1C(=O)OC)CC[C@@H](C)C2. The Bertz CT molecular complexity index is 642. The van der Waals surface area contributed by atoms with E-state index in [0.29, 0.717) is 16.5 Å². The zero-order valence-electron chi connectivity index (χ0n) is 14.2. The number of fused-ring (bicyclic) bond motifs is 1. The van der Waals surface area contributed by atoms with E-state index in [-0.39, 0.29) is 24.9 Å². The van der Waals surface area contributed by atoms with Gasteiger partial charge in [-0.15, -0.1) is 11.3 Å². The van der Waals surface area contributed by atoms with Crippen molar-refractivity contribution in [1.29, 1.82) is 0 Å². The number of quaternary nitrogens is 1. The maximum atomic E-state index is 12.1. The number of carbonyl (C=O) groups excluding carboxylic acids is 3. The summed E-state index contributed by atoms with van der Waals surface area (Å²) in [6.07, 6.45) is 2.78. The highest BCUT2D eigenvalue weighted by atomic mass is 32.1. The minimum absolute atomic E-state index is 0.118. The lowest BCUT2D eigenvalue weighted by atomic mass is 9.88. The van der Waals surface area contributed by atoms with Crippen LogP contribution in [0.3, 0.4) is 0 Å². The molecule has 7 nitrogen and oxygen atoms in total. The van der Waals surface area contributed by atoms with Crippen LogP contribution in [0.25, 0.3) is 0 Å². The van der Waals surface area contributed by atoms with E-state index in [1.165, 1.54) is 18.4 Å². The van der Waals surface area contributed by atoms with Crippen molar-refractivity contribution in [2.24, 2.45) is 5.92 Å². The second kappa shape index (κ2) is 8.25. The normalized spacial score (nSPS) is 16.2. The summed E-state index contributed by atoms with van der Waals surface area (Å²) in [5.74, 6) is -0.216. The molecule has 0 saturated carbocycles. The Morgan fingerprint density at radius 3 is 2.67 bits per heavy atom. The van der Waals surface area contributed by atoms with Gasteiger partial charge < -0.3 is 20.7 Å². The van der Waals surface area contributed by atoms with Crippen molar-refractivity contribution in [2.45, 2.75) is 26.2 Å². The molecule has 2 rings (SSSR count). The van der Waals surface area contributed by atoms with Gasteiger partial charge in [0.05, 0.1) is 12.7 Å². The number of anilines is 1. The van der Waals surface area contributed by atoms with Crippen molar-refractivity contribution < 1.29 is 24.4 Å². The predicted octanol–water partition coefficient (Wildman–Crippen LogP) is -0.0926. The van der Waals surface area contributed by atoms with Crippen LogP contribution in [-0.2, 0) is 27.2 Å². The number of likely N-dealkylation sites (N-methyl/N-ethyl adjacent to an activating group) is 1. The second-order valence-electron chi connectivity index (χ2n) is 5.97. The maximum absolute atomic E-state index is 12.1. The zero-order valence-corrected chi connectivity index (χ0v) is 15.0. The highest BCUT2D eigenvalue weighted by Gasteiger charge is 2.29. The average molecular weight is 354 g/mol. The molecule has 0 aromatic carbocycles. The third-order valence-electron chi connectivity index (χ3n) is 4.09. The van der Waals surface area contributed by atoms with Gasteiger partial charge in [-0.25, -0.2) is 4.79 Å². The summed E-state index contributed by atoms with van der Waals surface area (Å²) >= 11 is 1.46. The molecule has 8 heteroatoms. The molecule has 0 fully saturated rings. The van der Waals surface area contributed by atoms with Gasteiger partial charge in [-0.05, 0) is 30.7 Å². The Labute approximate surface area is 145 Å². The summed E-state index contributed by atoms with van der Waals surface area (Å²) in [4.78, 5) is 36.6. The molecule has 0 saturated heterocycles. The molecule has 1 atom stereocenters. The minimum Gasteiger partial charge on any atom is -0.465 e. The number of hydrogen-bond donors (Lipinski definition) is 3. The Morgan fingerprint density at radius 2 is 2.00 bits per heavy atom. The summed E-state index contributed by atoms with van der Waals surface area (Å²) < 4.78 is 4.89. The lowest BCUT2D eigenvalue weighted by Gasteiger charge is -2.18. The first kappa shape index (κ1) is 18.4. The molecule has 1 aromatic heterocycles.